The standard InChI is InChI=1S/C16H16ClN3O/c1-3-6-19-14-7-12(9-18-10-14)16(21)20-13-5-4-11(2)15(17)8-13/h3-5,7-10,19H,1,6H2,2H3,(H,20,21). The molecule has 0 saturated carbocycles. The number of aryl methyl sites for hydroxylation is 1. The molecule has 1 amide bonds. The molecule has 2 rings (SSSR count). The lowest BCUT2D eigenvalue weighted by atomic mass is 10.2. The number of anilines is 2. The average Bonchev–Trinajstić information content (AvgIpc) is 2.49. The van der Waals surface area contributed by atoms with Gasteiger partial charge < -0.3 is 10.6 Å². The van der Waals surface area contributed by atoms with Crippen molar-refractivity contribution in [2.45, 2.75) is 6.92 Å². The Hall–Kier alpha value is -2.33. The maximum absolute atomic E-state index is 12.2. The molecule has 0 atom stereocenters. The maximum atomic E-state index is 12.2. The van der Waals surface area contributed by atoms with Crippen molar-refractivity contribution in [3.63, 3.8) is 0 Å². The number of pyridine rings is 1. The fraction of sp³-hybridized carbons (Fsp3) is 0.125. The molecular formula is C16H16ClN3O. The summed E-state index contributed by atoms with van der Waals surface area (Å²) in [4.78, 5) is 16.2. The van der Waals surface area contributed by atoms with Crippen LogP contribution in [0.25, 0.3) is 0 Å². The average molecular weight is 302 g/mol. The van der Waals surface area contributed by atoms with Gasteiger partial charge in [0.1, 0.15) is 0 Å². The van der Waals surface area contributed by atoms with Crippen molar-refractivity contribution in [1.29, 1.82) is 0 Å². The van der Waals surface area contributed by atoms with E-state index in [1.807, 2.05) is 19.1 Å². The first-order valence-corrected chi connectivity index (χ1v) is 6.85. The predicted molar refractivity (Wildman–Crippen MR) is 87.1 cm³/mol. The zero-order valence-electron chi connectivity index (χ0n) is 11.7. The predicted octanol–water partition coefficient (Wildman–Crippen LogP) is 3.89. The van der Waals surface area contributed by atoms with E-state index in [0.29, 0.717) is 22.8 Å². The molecule has 0 spiro atoms. The van der Waals surface area contributed by atoms with Crippen LogP contribution in [0.4, 0.5) is 11.4 Å². The number of hydrogen-bond acceptors (Lipinski definition) is 3. The number of aromatic nitrogens is 1. The SMILES string of the molecule is C=CCNc1cncc(C(=O)Nc2ccc(C)c(Cl)c2)c1. The Morgan fingerprint density at radius 2 is 2.14 bits per heavy atom. The number of carbonyl (C=O) groups is 1. The Labute approximate surface area is 128 Å². The number of rotatable bonds is 5. The molecule has 0 aliphatic carbocycles. The van der Waals surface area contributed by atoms with Crippen LogP contribution in [0.5, 0.6) is 0 Å². The first-order chi connectivity index (χ1) is 10.1. The Balaban J connectivity index is 2.12. The third kappa shape index (κ3) is 4.07. The van der Waals surface area contributed by atoms with Gasteiger partial charge in [-0.3, -0.25) is 9.78 Å². The summed E-state index contributed by atoms with van der Waals surface area (Å²) in [5, 5.41) is 6.50. The Morgan fingerprint density at radius 3 is 2.86 bits per heavy atom. The molecule has 0 fully saturated rings. The lowest BCUT2D eigenvalue weighted by Gasteiger charge is -2.08. The molecule has 5 heteroatoms. The summed E-state index contributed by atoms with van der Waals surface area (Å²) in [6.45, 7) is 6.15. The normalized spacial score (nSPS) is 10.0. The summed E-state index contributed by atoms with van der Waals surface area (Å²) in [5.41, 5.74) is 2.86. The van der Waals surface area contributed by atoms with Gasteiger partial charge in [0, 0.05) is 29.6 Å². The molecule has 1 aromatic carbocycles. The van der Waals surface area contributed by atoms with Crippen LogP contribution in [0, 0.1) is 6.92 Å². The lowest BCUT2D eigenvalue weighted by molar-refractivity contribution is 0.102. The molecule has 4 nitrogen and oxygen atoms in total. The number of carbonyl (C=O) groups excluding carboxylic acids is 1. The summed E-state index contributed by atoms with van der Waals surface area (Å²) >= 11 is 6.04. The van der Waals surface area contributed by atoms with E-state index in [2.05, 4.69) is 22.2 Å². The summed E-state index contributed by atoms with van der Waals surface area (Å²) in [7, 11) is 0. The third-order valence-electron chi connectivity index (χ3n) is 2.88. The van der Waals surface area contributed by atoms with Gasteiger partial charge in [-0.25, -0.2) is 0 Å². The second kappa shape index (κ2) is 6.90. The lowest BCUT2D eigenvalue weighted by Crippen LogP contribution is -2.13. The second-order valence-electron chi connectivity index (χ2n) is 4.55. The van der Waals surface area contributed by atoms with E-state index in [1.54, 1.807) is 24.4 Å². The molecule has 0 saturated heterocycles. The highest BCUT2D eigenvalue weighted by Gasteiger charge is 2.08. The van der Waals surface area contributed by atoms with E-state index in [-0.39, 0.29) is 5.91 Å². The fourth-order valence-electron chi connectivity index (χ4n) is 1.72. The number of nitrogens with zero attached hydrogens (tertiary/aromatic N) is 1. The molecule has 21 heavy (non-hydrogen) atoms. The molecule has 0 unspecified atom stereocenters. The molecule has 0 aliphatic rings. The van der Waals surface area contributed by atoms with Crippen molar-refractivity contribution < 1.29 is 4.79 Å². The molecule has 2 aromatic rings. The zero-order valence-corrected chi connectivity index (χ0v) is 12.4. The van der Waals surface area contributed by atoms with Crippen molar-refractivity contribution in [1.82, 2.24) is 4.98 Å². The van der Waals surface area contributed by atoms with E-state index >= 15 is 0 Å². The number of amides is 1. The summed E-state index contributed by atoms with van der Waals surface area (Å²) in [5.74, 6) is -0.232. The minimum atomic E-state index is -0.232. The van der Waals surface area contributed by atoms with Crippen LogP contribution in [-0.4, -0.2) is 17.4 Å². The Bertz CT molecular complexity index is 670. The molecule has 0 aliphatic heterocycles. The first kappa shape index (κ1) is 15.1. The maximum Gasteiger partial charge on any atom is 0.257 e. The van der Waals surface area contributed by atoms with Gasteiger partial charge in [0.15, 0.2) is 0 Å². The van der Waals surface area contributed by atoms with E-state index in [0.717, 1.165) is 11.3 Å². The van der Waals surface area contributed by atoms with Gasteiger partial charge in [0.05, 0.1) is 11.3 Å². The van der Waals surface area contributed by atoms with Crippen molar-refractivity contribution in [2.24, 2.45) is 0 Å². The van der Waals surface area contributed by atoms with Crippen LogP contribution in [0.2, 0.25) is 5.02 Å². The number of nitrogens with one attached hydrogen (secondary N) is 2. The smallest absolute Gasteiger partial charge is 0.257 e. The molecule has 1 aromatic heterocycles. The third-order valence-corrected chi connectivity index (χ3v) is 3.29. The highest BCUT2D eigenvalue weighted by Crippen LogP contribution is 2.20. The van der Waals surface area contributed by atoms with Crippen LogP contribution >= 0.6 is 11.6 Å². The van der Waals surface area contributed by atoms with Gasteiger partial charge in [0.2, 0.25) is 0 Å². The van der Waals surface area contributed by atoms with Gasteiger partial charge in [-0.2, -0.15) is 0 Å². The van der Waals surface area contributed by atoms with Gasteiger partial charge in [-0.05, 0) is 30.7 Å². The van der Waals surface area contributed by atoms with Gasteiger partial charge >= 0.3 is 0 Å². The molecule has 0 radical (unpaired) electrons. The highest BCUT2D eigenvalue weighted by molar-refractivity contribution is 6.31. The number of benzene rings is 1. The molecule has 2 N–H and O–H groups in total. The fourth-order valence-corrected chi connectivity index (χ4v) is 1.91. The van der Waals surface area contributed by atoms with Crippen LogP contribution in [0.1, 0.15) is 15.9 Å². The summed E-state index contributed by atoms with van der Waals surface area (Å²) in [6.07, 6.45) is 4.91. The van der Waals surface area contributed by atoms with Crippen molar-refractivity contribution in [3.8, 4) is 0 Å². The molecule has 108 valence electrons. The second-order valence-corrected chi connectivity index (χ2v) is 4.96. The monoisotopic (exact) mass is 301 g/mol. The van der Waals surface area contributed by atoms with Gasteiger partial charge in [-0.1, -0.05) is 23.7 Å². The Morgan fingerprint density at radius 1 is 1.33 bits per heavy atom. The van der Waals surface area contributed by atoms with E-state index in [9.17, 15) is 4.79 Å². The topological polar surface area (TPSA) is 54.0 Å². The van der Waals surface area contributed by atoms with Crippen molar-refractivity contribution >= 4 is 28.9 Å². The number of halogens is 1. The number of hydrogen-bond donors (Lipinski definition) is 2. The Kier molecular flexibility index (Phi) is 4.95. The van der Waals surface area contributed by atoms with Gasteiger partial charge in [-0.15, -0.1) is 6.58 Å². The summed E-state index contributed by atoms with van der Waals surface area (Å²) in [6, 6.07) is 7.13. The van der Waals surface area contributed by atoms with Crippen LogP contribution < -0.4 is 10.6 Å². The van der Waals surface area contributed by atoms with Gasteiger partial charge in [0.25, 0.3) is 5.91 Å². The van der Waals surface area contributed by atoms with E-state index in [1.165, 1.54) is 6.20 Å². The van der Waals surface area contributed by atoms with Crippen LogP contribution in [0.3, 0.4) is 0 Å². The molecule has 1 heterocycles. The zero-order chi connectivity index (χ0) is 15.2. The molecular weight excluding hydrogens is 286 g/mol. The summed E-state index contributed by atoms with van der Waals surface area (Å²) < 4.78 is 0. The quantitative estimate of drug-likeness (QED) is 0.824. The largest absolute Gasteiger partial charge is 0.380 e. The van der Waals surface area contributed by atoms with Crippen LogP contribution in [0.15, 0.2) is 49.3 Å². The highest BCUT2D eigenvalue weighted by atomic mass is 35.5. The molecule has 0 bridgehead atoms. The van der Waals surface area contributed by atoms with Crippen molar-refractivity contribution in [2.75, 3.05) is 17.2 Å². The van der Waals surface area contributed by atoms with Crippen molar-refractivity contribution in [3.05, 3.63) is 65.5 Å². The minimum absolute atomic E-state index is 0.232. The first-order valence-electron chi connectivity index (χ1n) is 6.47. The van der Waals surface area contributed by atoms with E-state index < -0.39 is 0 Å². The van der Waals surface area contributed by atoms with E-state index in [4.69, 9.17) is 11.6 Å². The minimum Gasteiger partial charge on any atom is -0.380 e. The van der Waals surface area contributed by atoms with Crippen LogP contribution in [-0.2, 0) is 0 Å².